The average molecular weight is 267 g/mol. The van der Waals surface area contributed by atoms with Gasteiger partial charge in [-0.3, -0.25) is 0 Å². The van der Waals surface area contributed by atoms with Gasteiger partial charge >= 0.3 is 0 Å². The van der Waals surface area contributed by atoms with Gasteiger partial charge in [0.05, 0.1) is 0 Å². The van der Waals surface area contributed by atoms with Gasteiger partial charge in [-0.2, -0.15) is 0 Å². The zero-order chi connectivity index (χ0) is 14.5. The van der Waals surface area contributed by atoms with Crippen molar-refractivity contribution in [3.05, 3.63) is 65.2 Å². The van der Waals surface area contributed by atoms with E-state index in [4.69, 9.17) is 0 Å². The number of anilines is 1. The van der Waals surface area contributed by atoms with Crippen LogP contribution in [0.25, 0.3) is 0 Å². The molecule has 0 aromatic heterocycles. The first kappa shape index (κ1) is 14.6. The molecule has 2 aromatic rings. The second-order valence-electron chi connectivity index (χ2n) is 5.96. The van der Waals surface area contributed by atoms with Crippen molar-refractivity contribution in [2.75, 3.05) is 11.9 Å². The molecule has 0 heterocycles. The Bertz CT molecular complexity index is 543. The summed E-state index contributed by atoms with van der Waals surface area (Å²) in [5.41, 5.74) is 5.30. The highest BCUT2D eigenvalue weighted by molar-refractivity contribution is 5.52. The van der Waals surface area contributed by atoms with Crippen LogP contribution in [-0.2, 0) is 0 Å². The first-order chi connectivity index (χ1) is 9.58. The molecule has 0 radical (unpaired) electrons. The Labute approximate surface area is 123 Å². The van der Waals surface area contributed by atoms with E-state index in [1.165, 1.54) is 22.4 Å². The fourth-order valence-electron chi connectivity index (χ4n) is 2.67. The van der Waals surface area contributed by atoms with Gasteiger partial charge in [0.25, 0.3) is 0 Å². The fraction of sp³-hybridized carbons (Fsp3) is 0.368. The summed E-state index contributed by atoms with van der Waals surface area (Å²) in [5.74, 6) is 1.16. The third kappa shape index (κ3) is 3.63. The van der Waals surface area contributed by atoms with Crippen LogP contribution in [0.3, 0.4) is 0 Å². The lowest BCUT2D eigenvalue weighted by Gasteiger charge is -2.23. The second kappa shape index (κ2) is 6.60. The zero-order valence-corrected chi connectivity index (χ0v) is 13.0. The molecule has 1 nitrogen and oxygen atoms in total. The van der Waals surface area contributed by atoms with Gasteiger partial charge in [0.15, 0.2) is 0 Å². The topological polar surface area (TPSA) is 12.0 Å². The fourth-order valence-corrected chi connectivity index (χ4v) is 2.67. The molecule has 0 saturated heterocycles. The Hall–Kier alpha value is -1.76. The molecular formula is C19H25N. The van der Waals surface area contributed by atoms with Crippen molar-refractivity contribution in [3.63, 3.8) is 0 Å². The van der Waals surface area contributed by atoms with Crippen LogP contribution in [0.2, 0.25) is 0 Å². The maximum Gasteiger partial charge on any atom is 0.0370 e. The monoisotopic (exact) mass is 267 g/mol. The van der Waals surface area contributed by atoms with Gasteiger partial charge in [-0.25, -0.2) is 0 Å². The molecule has 1 atom stereocenters. The van der Waals surface area contributed by atoms with Crippen molar-refractivity contribution in [2.24, 2.45) is 5.92 Å². The quantitative estimate of drug-likeness (QED) is 0.789. The Balaban J connectivity index is 2.10. The molecule has 20 heavy (non-hydrogen) atoms. The molecule has 106 valence electrons. The van der Waals surface area contributed by atoms with Crippen molar-refractivity contribution >= 4 is 5.69 Å². The third-order valence-corrected chi connectivity index (χ3v) is 3.93. The highest BCUT2D eigenvalue weighted by atomic mass is 14.9. The van der Waals surface area contributed by atoms with Crippen LogP contribution < -0.4 is 5.32 Å². The van der Waals surface area contributed by atoms with E-state index in [1.807, 2.05) is 0 Å². The summed E-state index contributed by atoms with van der Waals surface area (Å²) in [6, 6.07) is 17.4. The SMILES string of the molecule is Cc1ccc(NCC(c2ccccc2)C(C)C)c(C)c1. The average Bonchev–Trinajstić information content (AvgIpc) is 2.42. The highest BCUT2D eigenvalue weighted by Crippen LogP contribution is 2.25. The normalized spacial score (nSPS) is 12.4. The van der Waals surface area contributed by atoms with Crippen LogP contribution in [0.5, 0.6) is 0 Å². The Kier molecular flexibility index (Phi) is 4.84. The Morgan fingerprint density at radius 2 is 1.65 bits per heavy atom. The molecule has 0 amide bonds. The van der Waals surface area contributed by atoms with Crippen LogP contribution >= 0.6 is 0 Å². The van der Waals surface area contributed by atoms with Crippen LogP contribution in [0, 0.1) is 19.8 Å². The Morgan fingerprint density at radius 1 is 0.950 bits per heavy atom. The minimum atomic E-state index is 0.539. The van der Waals surface area contributed by atoms with Crippen molar-refractivity contribution in [1.82, 2.24) is 0 Å². The van der Waals surface area contributed by atoms with E-state index in [-0.39, 0.29) is 0 Å². The number of nitrogens with one attached hydrogen (secondary N) is 1. The zero-order valence-electron chi connectivity index (χ0n) is 13.0. The summed E-state index contributed by atoms with van der Waals surface area (Å²) in [5, 5.41) is 3.62. The first-order valence-corrected chi connectivity index (χ1v) is 7.44. The van der Waals surface area contributed by atoms with Crippen LogP contribution in [-0.4, -0.2) is 6.54 Å². The number of hydrogen-bond donors (Lipinski definition) is 1. The van der Waals surface area contributed by atoms with E-state index >= 15 is 0 Å². The molecule has 0 aliphatic carbocycles. The van der Waals surface area contributed by atoms with E-state index in [0.717, 1.165) is 6.54 Å². The van der Waals surface area contributed by atoms with Gasteiger partial charge in [-0.15, -0.1) is 0 Å². The molecule has 0 aliphatic rings. The molecule has 2 rings (SSSR count). The van der Waals surface area contributed by atoms with E-state index in [2.05, 4.69) is 81.5 Å². The maximum absolute atomic E-state index is 3.62. The molecule has 0 fully saturated rings. The Morgan fingerprint density at radius 3 is 2.25 bits per heavy atom. The molecule has 0 aliphatic heterocycles. The lowest BCUT2D eigenvalue weighted by Crippen LogP contribution is -2.18. The summed E-state index contributed by atoms with van der Waals surface area (Å²) in [7, 11) is 0. The van der Waals surface area contributed by atoms with Crippen molar-refractivity contribution in [2.45, 2.75) is 33.6 Å². The van der Waals surface area contributed by atoms with Gasteiger partial charge in [-0.05, 0) is 37.0 Å². The van der Waals surface area contributed by atoms with Crippen molar-refractivity contribution in [3.8, 4) is 0 Å². The molecule has 0 saturated carbocycles. The molecule has 0 bridgehead atoms. The third-order valence-electron chi connectivity index (χ3n) is 3.93. The van der Waals surface area contributed by atoms with E-state index in [0.29, 0.717) is 11.8 Å². The predicted molar refractivity (Wildman–Crippen MR) is 88.4 cm³/mol. The standard InChI is InChI=1S/C19H25N/c1-14(2)18(17-8-6-5-7-9-17)13-20-19-11-10-15(3)12-16(19)4/h5-12,14,18,20H,13H2,1-4H3. The summed E-state index contributed by atoms with van der Waals surface area (Å²) in [6.07, 6.45) is 0. The second-order valence-corrected chi connectivity index (χ2v) is 5.96. The van der Waals surface area contributed by atoms with E-state index in [1.54, 1.807) is 0 Å². The number of rotatable bonds is 5. The number of hydrogen-bond acceptors (Lipinski definition) is 1. The van der Waals surface area contributed by atoms with Gasteiger partial charge in [0.2, 0.25) is 0 Å². The van der Waals surface area contributed by atoms with Gasteiger partial charge in [-0.1, -0.05) is 61.9 Å². The minimum absolute atomic E-state index is 0.539. The molecule has 1 unspecified atom stereocenters. The molecule has 1 heteroatoms. The largest absolute Gasteiger partial charge is 0.384 e. The molecule has 2 aromatic carbocycles. The minimum Gasteiger partial charge on any atom is -0.384 e. The number of benzene rings is 2. The summed E-state index contributed by atoms with van der Waals surface area (Å²) >= 11 is 0. The van der Waals surface area contributed by atoms with Crippen molar-refractivity contribution in [1.29, 1.82) is 0 Å². The molecular weight excluding hydrogens is 242 g/mol. The lowest BCUT2D eigenvalue weighted by molar-refractivity contribution is 0.517. The smallest absolute Gasteiger partial charge is 0.0370 e. The molecule has 0 spiro atoms. The van der Waals surface area contributed by atoms with Gasteiger partial charge in [0.1, 0.15) is 0 Å². The first-order valence-electron chi connectivity index (χ1n) is 7.44. The van der Waals surface area contributed by atoms with Crippen molar-refractivity contribution < 1.29 is 0 Å². The maximum atomic E-state index is 3.62. The number of aryl methyl sites for hydroxylation is 2. The van der Waals surface area contributed by atoms with Crippen LogP contribution in [0.15, 0.2) is 48.5 Å². The van der Waals surface area contributed by atoms with Gasteiger partial charge < -0.3 is 5.32 Å². The molecule has 1 N–H and O–H groups in total. The summed E-state index contributed by atoms with van der Waals surface area (Å²) in [6.45, 7) is 9.87. The summed E-state index contributed by atoms with van der Waals surface area (Å²) in [4.78, 5) is 0. The highest BCUT2D eigenvalue weighted by Gasteiger charge is 2.15. The summed E-state index contributed by atoms with van der Waals surface area (Å²) < 4.78 is 0. The van der Waals surface area contributed by atoms with E-state index in [9.17, 15) is 0 Å². The van der Waals surface area contributed by atoms with Crippen LogP contribution in [0.4, 0.5) is 5.69 Å². The predicted octanol–water partition coefficient (Wildman–Crippen LogP) is 5.16. The lowest BCUT2D eigenvalue weighted by atomic mass is 9.88. The van der Waals surface area contributed by atoms with E-state index < -0.39 is 0 Å². The van der Waals surface area contributed by atoms with Gasteiger partial charge in [0, 0.05) is 18.2 Å². The van der Waals surface area contributed by atoms with Crippen LogP contribution in [0.1, 0.15) is 36.5 Å².